The average Bonchev–Trinajstić information content (AvgIpc) is 3.02. The molecule has 5 aromatic rings. The van der Waals surface area contributed by atoms with Gasteiger partial charge in [-0.3, -0.25) is 14.4 Å². The molecule has 0 fully saturated rings. The van der Waals surface area contributed by atoms with E-state index < -0.39 is 17.9 Å². The molecule has 0 radical (unpaired) electrons. The number of hydrogen-bond donors (Lipinski definition) is 3. The largest absolute Gasteiger partial charge is 0.481 e. The van der Waals surface area contributed by atoms with Gasteiger partial charge in [0.25, 0.3) is 0 Å². The molecule has 0 aliphatic rings. The first kappa shape index (κ1) is 33.5. The van der Waals surface area contributed by atoms with Crippen molar-refractivity contribution in [2.45, 2.75) is 57.8 Å². The third kappa shape index (κ3) is 12.5. The highest BCUT2D eigenvalue weighted by atomic mass is 16.4. The maximum atomic E-state index is 10.5. The highest BCUT2D eigenvalue weighted by molar-refractivity contribution is 5.85. The fraction of sp³-hybridized carbons (Fsp3) is 0.237. The van der Waals surface area contributed by atoms with Gasteiger partial charge in [-0.05, 0) is 76.8 Å². The predicted molar refractivity (Wildman–Crippen MR) is 176 cm³/mol. The first-order valence-electron chi connectivity index (χ1n) is 15.0. The Balaban J connectivity index is 0.000000183. The molecule has 0 saturated carbocycles. The van der Waals surface area contributed by atoms with E-state index in [0.717, 1.165) is 25.7 Å². The minimum Gasteiger partial charge on any atom is -0.481 e. The predicted octanol–water partition coefficient (Wildman–Crippen LogP) is 8.59. The summed E-state index contributed by atoms with van der Waals surface area (Å²) in [5.74, 6) is -2.16. The Morgan fingerprint density at radius 1 is 0.432 bits per heavy atom. The van der Waals surface area contributed by atoms with Gasteiger partial charge in [-0.25, -0.2) is 0 Å². The zero-order valence-corrected chi connectivity index (χ0v) is 24.9. The molecule has 5 aromatic carbocycles. The molecule has 0 spiro atoms. The summed E-state index contributed by atoms with van der Waals surface area (Å²) in [6, 6.07) is 38.8. The Morgan fingerprint density at radius 3 is 1.57 bits per heavy atom. The SMILES string of the molecule is O=C(O)CCCc1ccc2ccccc2c1.O=C(O)CCCc1cccc2ccccc12.O=C(O)CCCc1ccccc1. The van der Waals surface area contributed by atoms with Crippen LogP contribution in [0.2, 0.25) is 0 Å². The smallest absolute Gasteiger partial charge is 0.303 e. The molecule has 0 amide bonds. The summed E-state index contributed by atoms with van der Waals surface area (Å²) in [7, 11) is 0. The van der Waals surface area contributed by atoms with Gasteiger partial charge in [0.2, 0.25) is 0 Å². The summed E-state index contributed by atoms with van der Waals surface area (Å²) >= 11 is 0. The molecule has 228 valence electrons. The molecule has 0 aliphatic heterocycles. The third-order valence-corrected chi connectivity index (χ3v) is 7.09. The van der Waals surface area contributed by atoms with Crippen molar-refractivity contribution < 1.29 is 29.7 Å². The van der Waals surface area contributed by atoms with Crippen molar-refractivity contribution >= 4 is 39.5 Å². The summed E-state index contributed by atoms with van der Waals surface area (Å²) in [5.41, 5.74) is 3.65. The van der Waals surface area contributed by atoms with Crippen LogP contribution in [-0.4, -0.2) is 33.2 Å². The van der Waals surface area contributed by atoms with E-state index >= 15 is 0 Å². The standard InChI is InChI=1S/2C14H14O2.C10H12O2/c15-14(16)10-4-8-12-7-3-6-11-5-1-2-9-13(11)12;15-14(16)7-3-4-11-8-9-12-5-1-2-6-13(12)10-11;11-10(12)8-4-7-9-5-2-1-3-6-9/h1-3,5-7,9H,4,8,10H2,(H,15,16);1-2,5-6,8-10H,3-4,7H2,(H,15,16);1-3,5-6H,4,7-8H2,(H,11,12). The Kier molecular flexibility index (Phi) is 14.1. The van der Waals surface area contributed by atoms with Crippen molar-refractivity contribution in [1.82, 2.24) is 0 Å². The lowest BCUT2D eigenvalue weighted by molar-refractivity contribution is -0.138. The number of hydrogen-bond acceptors (Lipinski definition) is 3. The lowest BCUT2D eigenvalue weighted by atomic mass is 10.0. The summed E-state index contributed by atoms with van der Waals surface area (Å²) < 4.78 is 0. The van der Waals surface area contributed by atoms with E-state index in [4.69, 9.17) is 15.3 Å². The molecule has 5 rings (SSSR count). The minimum absolute atomic E-state index is 0.239. The average molecular weight is 593 g/mol. The van der Waals surface area contributed by atoms with Gasteiger partial charge >= 0.3 is 17.9 Å². The number of carbonyl (C=O) groups is 3. The highest BCUT2D eigenvalue weighted by Gasteiger charge is 2.02. The van der Waals surface area contributed by atoms with Gasteiger partial charge < -0.3 is 15.3 Å². The van der Waals surface area contributed by atoms with Crippen molar-refractivity contribution in [3.05, 3.63) is 132 Å². The topological polar surface area (TPSA) is 112 Å². The van der Waals surface area contributed by atoms with Crippen LogP contribution in [0.4, 0.5) is 0 Å². The zero-order chi connectivity index (χ0) is 31.6. The van der Waals surface area contributed by atoms with Gasteiger partial charge in [-0.1, -0.05) is 115 Å². The van der Waals surface area contributed by atoms with Gasteiger partial charge in [0, 0.05) is 19.3 Å². The molecule has 6 heteroatoms. The lowest BCUT2D eigenvalue weighted by Gasteiger charge is -2.05. The number of carboxylic acid groups (broad SMARTS) is 3. The van der Waals surface area contributed by atoms with Crippen molar-refractivity contribution in [3.63, 3.8) is 0 Å². The molecule has 0 saturated heterocycles. The van der Waals surface area contributed by atoms with Crippen molar-refractivity contribution in [2.24, 2.45) is 0 Å². The number of aliphatic carboxylic acids is 3. The van der Waals surface area contributed by atoms with Crippen LogP contribution in [-0.2, 0) is 33.6 Å². The van der Waals surface area contributed by atoms with Gasteiger partial charge in [0.15, 0.2) is 0 Å². The van der Waals surface area contributed by atoms with E-state index in [0.29, 0.717) is 12.8 Å². The molecule has 3 N–H and O–H groups in total. The zero-order valence-electron chi connectivity index (χ0n) is 24.9. The monoisotopic (exact) mass is 592 g/mol. The Labute approximate surface area is 258 Å². The van der Waals surface area contributed by atoms with Crippen LogP contribution < -0.4 is 0 Å². The van der Waals surface area contributed by atoms with Crippen molar-refractivity contribution in [3.8, 4) is 0 Å². The van der Waals surface area contributed by atoms with Crippen LogP contribution in [0.25, 0.3) is 21.5 Å². The molecule has 0 heterocycles. The normalized spacial score (nSPS) is 10.3. The maximum Gasteiger partial charge on any atom is 0.303 e. The Bertz CT molecular complexity index is 1620. The van der Waals surface area contributed by atoms with Gasteiger partial charge in [-0.2, -0.15) is 0 Å². The van der Waals surface area contributed by atoms with E-state index in [1.807, 2.05) is 60.7 Å². The molecule has 0 unspecified atom stereocenters. The second kappa shape index (κ2) is 18.5. The van der Waals surface area contributed by atoms with Crippen LogP contribution in [0.5, 0.6) is 0 Å². The van der Waals surface area contributed by atoms with Gasteiger partial charge in [0.05, 0.1) is 0 Å². The second-order valence-electron chi connectivity index (χ2n) is 10.5. The number of fused-ring (bicyclic) bond motifs is 2. The van der Waals surface area contributed by atoms with Crippen LogP contribution in [0.1, 0.15) is 55.2 Å². The maximum absolute atomic E-state index is 10.5. The molecular weight excluding hydrogens is 552 g/mol. The van der Waals surface area contributed by atoms with Crippen molar-refractivity contribution in [1.29, 1.82) is 0 Å². The minimum atomic E-state index is -0.722. The number of carboxylic acids is 3. The molecule has 0 aromatic heterocycles. The summed E-state index contributed by atoms with van der Waals surface area (Å²) in [6.07, 6.45) is 5.37. The fourth-order valence-corrected chi connectivity index (χ4v) is 4.87. The molecule has 6 nitrogen and oxygen atoms in total. The molecule has 0 bridgehead atoms. The molecule has 0 aliphatic carbocycles. The third-order valence-electron chi connectivity index (χ3n) is 7.09. The van der Waals surface area contributed by atoms with E-state index in [1.54, 1.807) is 0 Å². The van der Waals surface area contributed by atoms with E-state index in [2.05, 4.69) is 54.6 Å². The van der Waals surface area contributed by atoms with Crippen LogP contribution in [0.3, 0.4) is 0 Å². The summed E-state index contributed by atoms with van der Waals surface area (Å²) in [4.78, 5) is 31.0. The first-order chi connectivity index (χ1) is 21.3. The highest BCUT2D eigenvalue weighted by Crippen LogP contribution is 2.20. The molecule has 44 heavy (non-hydrogen) atoms. The quantitative estimate of drug-likeness (QED) is 0.134. The van der Waals surface area contributed by atoms with Gasteiger partial charge in [-0.15, -0.1) is 0 Å². The first-order valence-corrected chi connectivity index (χ1v) is 15.0. The van der Waals surface area contributed by atoms with E-state index in [1.165, 1.54) is 38.2 Å². The molecule has 0 atom stereocenters. The second-order valence-corrected chi connectivity index (χ2v) is 10.5. The van der Waals surface area contributed by atoms with E-state index in [9.17, 15) is 14.4 Å². The summed E-state index contributed by atoms with van der Waals surface area (Å²) in [5, 5.41) is 30.5. The summed E-state index contributed by atoms with van der Waals surface area (Å²) in [6.45, 7) is 0. The van der Waals surface area contributed by atoms with Crippen LogP contribution >= 0.6 is 0 Å². The molecular formula is C38H40O6. The number of benzene rings is 5. The fourth-order valence-electron chi connectivity index (χ4n) is 4.87. The Morgan fingerprint density at radius 2 is 0.932 bits per heavy atom. The lowest BCUT2D eigenvalue weighted by Crippen LogP contribution is -1.96. The Hall–Kier alpha value is -4.97. The van der Waals surface area contributed by atoms with Crippen LogP contribution in [0.15, 0.2) is 115 Å². The number of rotatable bonds is 12. The van der Waals surface area contributed by atoms with Crippen LogP contribution in [0, 0.1) is 0 Å². The number of aryl methyl sites for hydroxylation is 3. The van der Waals surface area contributed by atoms with Crippen molar-refractivity contribution in [2.75, 3.05) is 0 Å². The van der Waals surface area contributed by atoms with Gasteiger partial charge in [0.1, 0.15) is 0 Å². The van der Waals surface area contributed by atoms with E-state index in [-0.39, 0.29) is 19.3 Å².